The lowest BCUT2D eigenvalue weighted by Gasteiger charge is -2.31. The Kier molecular flexibility index (Phi) is 4.36. The average molecular weight is 267 g/mol. The summed E-state index contributed by atoms with van der Waals surface area (Å²) in [5.74, 6) is 1.73. The fourth-order valence-corrected chi connectivity index (χ4v) is 2.66. The molecule has 0 spiro atoms. The van der Waals surface area contributed by atoms with Crippen molar-refractivity contribution in [3.8, 4) is 5.75 Å². The molecule has 0 fully saturated rings. The fourth-order valence-electron chi connectivity index (χ4n) is 2.02. The number of anilines is 1. The van der Waals surface area contributed by atoms with E-state index in [2.05, 4.69) is 11.8 Å². The third-order valence-corrected chi connectivity index (χ3v) is 3.76. The molecule has 0 amide bonds. The molecule has 1 aromatic carbocycles. The van der Waals surface area contributed by atoms with Gasteiger partial charge in [-0.15, -0.1) is 0 Å². The van der Waals surface area contributed by atoms with Crippen molar-refractivity contribution in [1.29, 1.82) is 0 Å². The molecule has 1 aliphatic heterocycles. The number of ether oxygens (including phenoxy) is 1. The van der Waals surface area contributed by atoms with Crippen molar-refractivity contribution in [1.82, 2.24) is 0 Å². The van der Waals surface area contributed by atoms with Gasteiger partial charge in [0.25, 0.3) is 0 Å². The van der Waals surface area contributed by atoms with E-state index in [4.69, 9.17) is 9.84 Å². The highest BCUT2D eigenvalue weighted by molar-refractivity contribution is 7.99. The summed E-state index contributed by atoms with van der Waals surface area (Å²) in [6, 6.07) is 5.29. The first-order valence-corrected chi connectivity index (χ1v) is 7.21. The second kappa shape index (κ2) is 6.00. The van der Waals surface area contributed by atoms with E-state index in [1.807, 2.05) is 17.8 Å². The standard InChI is InChI=1S/C13H17NO3S/c1-2-18-9-7-14-6-8-17-12-10(13(15)16)4-3-5-11(12)14/h3-5H,2,6-9H2,1H3,(H,15,16). The Labute approximate surface area is 111 Å². The molecule has 18 heavy (non-hydrogen) atoms. The number of thioether (sulfide) groups is 1. The van der Waals surface area contributed by atoms with Crippen molar-refractivity contribution in [3.63, 3.8) is 0 Å². The number of benzene rings is 1. The van der Waals surface area contributed by atoms with Gasteiger partial charge in [-0.2, -0.15) is 11.8 Å². The molecular weight excluding hydrogens is 250 g/mol. The van der Waals surface area contributed by atoms with Crippen molar-refractivity contribution in [2.75, 3.05) is 36.1 Å². The van der Waals surface area contributed by atoms with Crippen LogP contribution < -0.4 is 9.64 Å². The van der Waals surface area contributed by atoms with E-state index in [0.717, 1.165) is 30.3 Å². The molecule has 0 aromatic heterocycles. The maximum atomic E-state index is 11.1. The van der Waals surface area contributed by atoms with Crippen LogP contribution in [-0.4, -0.2) is 42.3 Å². The van der Waals surface area contributed by atoms with Gasteiger partial charge >= 0.3 is 5.97 Å². The van der Waals surface area contributed by atoms with Crippen molar-refractivity contribution in [3.05, 3.63) is 23.8 Å². The van der Waals surface area contributed by atoms with Crippen LogP contribution in [0.15, 0.2) is 18.2 Å². The molecule has 1 N–H and O–H groups in total. The minimum Gasteiger partial charge on any atom is -0.489 e. The van der Waals surface area contributed by atoms with Crippen LogP contribution in [0.2, 0.25) is 0 Å². The molecule has 0 aliphatic carbocycles. The molecule has 0 bridgehead atoms. The molecule has 0 unspecified atom stereocenters. The van der Waals surface area contributed by atoms with Gasteiger partial charge in [0.1, 0.15) is 12.2 Å². The first-order chi connectivity index (χ1) is 8.74. The number of rotatable bonds is 5. The van der Waals surface area contributed by atoms with Gasteiger partial charge in [0.2, 0.25) is 0 Å². The smallest absolute Gasteiger partial charge is 0.339 e. The first kappa shape index (κ1) is 13.1. The molecule has 1 aliphatic rings. The van der Waals surface area contributed by atoms with E-state index < -0.39 is 5.97 Å². The third kappa shape index (κ3) is 2.72. The van der Waals surface area contributed by atoms with Crippen LogP contribution in [0.3, 0.4) is 0 Å². The zero-order valence-corrected chi connectivity index (χ0v) is 11.2. The van der Waals surface area contributed by atoms with Crippen LogP contribution in [0, 0.1) is 0 Å². The normalized spacial score (nSPS) is 13.9. The van der Waals surface area contributed by atoms with Gasteiger partial charge < -0.3 is 14.7 Å². The molecule has 0 atom stereocenters. The molecule has 0 radical (unpaired) electrons. The largest absolute Gasteiger partial charge is 0.489 e. The fraction of sp³-hybridized carbons (Fsp3) is 0.462. The summed E-state index contributed by atoms with van der Waals surface area (Å²) in [5, 5.41) is 9.14. The summed E-state index contributed by atoms with van der Waals surface area (Å²) in [6.07, 6.45) is 0. The molecule has 1 aromatic rings. The van der Waals surface area contributed by atoms with E-state index in [1.54, 1.807) is 12.1 Å². The number of carboxylic acid groups (broad SMARTS) is 1. The van der Waals surface area contributed by atoms with Crippen molar-refractivity contribution in [2.24, 2.45) is 0 Å². The number of para-hydroxylation sites is 1. The Morgan fingerprint density at radius 1 is 1.56 bits per heavy atom. The zero-order valence-electron chi connectivity index (χ0n) is 10.4. The van der Waals surface area contributed by atoms with Gasteiger partial charge in [0.15, 0.2) is 5.75 Å². The van der Waals surface area contributed by atoms with Crippen LogP contribution in [-0.2, 0) is 0 Å². The Balaban J connectivity index is 2.21. The van der Waals surface area contributed by atoms with Gasteiger partial charge in [-0.3, -0.25) is 0 Å². The zero-order chi connectivity index (χ0) is 13.0. The van der Waals surface area contributed by atoms with Gasteiger partial charge in [0, 0.05) is 12.3 Å². The van der Waals surface area contributed by atoms with E-state index in [9.17, 15) is 4.79 Å². The summed E-state index contributed by atoms with van der Waals surface area (Å²) >= 11 is 1.89. The number of nitrogens with zero attached hydrogens (tertiary/aromatic N) is 1. The quantitative estimate of drug-likeness (QED) is 0.830. The highest BCUT2D eigenvalue weighted by Crippen LogP contribution is 2.34. The maximum absolute atomic E-state index is 11.1. The monoisotopic (exact) mass is 267 g/mol. The van der Waals surface area contributed by atoms with Crippen LogP contribution in [0.1, 0.15) is 17.3 Å². The molecule has 4 nitrogen and oxygen atoms in total. The minimum atomic E-state index is -0.934. The second-order valence-electron chi connectivity index (χ2n) is 3.99. The topological polar surface area (TPSA) is 49.8 Å². The number of carboxylic acids is 1. The molecule has 5 heteroatoms. The number of hydrogen-bond acceptors (Lipinski definition) is 4. The molecule has 98 valence electrons. The van der Waals surface area contributed by atoms with Crippen molar-refractivity contribution < 1.29 is 14.6 Å². The van der Waals surface area contributed by atoms with Gasteiger partial charge in [0.05, 0.1) is 12.2 Å². The highest BCUT2D eigenvalue weighted by Gasteiger charge is 2.23. The van der Waals surface area contributed by atoms with Crippen LogP contribution >= 0.6 is 11.8 Å². The highest BCUT2D eigenvalue weighted by atomic mass is 32.2. The van der Waals surface area contributed by atoms with Crippen LogP contribution in [0.25, 0.3) is 0 Å². The third-order valence-electron chi connectivity index (χ3n) is 2.88. The molecular formula is C13H17NO3S. The first-order valence-electron chi connectivity index (χ1n) is 6.06. The number of carbonyl (C=O) groups is 1. The van der Waals surface area contributed by atoms with Crippen LogP contribution in [0.4, 0.5) is 5.69 Å². The van der Waals surface area contributed by atoms with Crippen molar-refractivity contribution >= 4 is 23.4 Å². The van der Waals surface area contributed by atoms with Gasteiger partial charge in [-0.25, -0.2) is 4.79 Å². The van der Waals surface area contributed by atoms with Gasteiger partial charge in [-0.1, -0.05) is 13.0 Å². The molecule has 1 heterocycles. The van der Waals surface area contributed by atoms with E-state index >= 15 is 0 Å². The summed E-state index contributed by atoms with van der Waals surface area (Å²) in [5.41, 5.74) is 1.15. The van der Waals surface area contributed by atoms with Gasteiger partial charge in [-0.05, 0) is 17.9 Å². The summed E-state index contributed by atoms with van der Waals surface area (Å²) in [4.78, 5) is 13.3. The molecule has 0 saturated heterocycles. The van der Waals surface area contributed by atoms with Crippen LogP contribution in [0.5, 0.6) is 5.75 Å². The predicted octanol–water partition coefficient (Wildman–Crippen LogP) is 2.34. The lowest BCUT2D eigenvalue weighted by atomic mass is 10.1. The Hall–Kier alpha value is -1.36. The Morgan fingerprint density at radius 2 is 2.39 bits per heavy atom. The minimum absolute atomic E-state index is 0.250. The SMILES string of the molecule is CCSCCN1CCOc2c(C(=O)O)cccc21. The van der Waals surface area contributed by atoms with Crippen molar-refractivity contribution in [2.45, 2.75) is 6.92 Å². The molecule has 0 saturated carbocycles. The summed E-state index contributed by atoms with van der Waals surface area (Å²) in [7, 11) is 0. The second-order valence-corrected chi connectivity index (χ2v) is 5.39. The van der Waals surface area contributed by atoms with E-state index in [-0.39, 0.29) is 5.56 Å². The lowest BCUT2D eigenvalue weighted by Crippen LogP contribution is -2.35. The lowest BCUT2D eigenvalue weighted by molar-refractivity contribution is 0.0692. The Bertz CT molecular complexity index is 436. The van der Waals surface area contributed by atoms with E-state index in [1.165, 1.54) is 0 Å². The maximum Gasteiger partial charge on any atom is 0.339 e. The average Bonchev–Trinajstić information content (AvgIpc) is 2.38. The Morgan fingerprint density at radius 3 is 3.11 bits per heavy atom. The molecule has 2 rings (SSSR count). The summed E-state index contributed by atoms with van der Waals surface area (Å²) in [6.45, 7) is 4.44. The van der Waals surface area contributed by atoms with E-state index in [0.29, 0.717) is 12.4 Å². The number of aromatic carboxylic acids is 1. The number of hydrogen-bond donors (Lipinski definition) is 1. The predicted molar refractivity (Wildman–Crippen MR) is 74.1 cm³/mol. The summed E-state index contributed by atoms with van der Waals surface area (Å²) < 4.78 is 5.52. The number of fused-ring (bicyclic) bond motifs is 1.